The van der Waals surface area contributed by atoms with Gasteiger partial charge in [-0.05, 0) is 43.5 Å². The van der Waals surface area contributed by atoms with Crippen LogP contribution in [0, 0.1) is 6.92 Å². The summed E-state index contributed by atoms with van der Waals surface area (Å²) in [6.45, 7) is 2.62. The number of aromatic nitrogens is 1. The molecule has 0 aromatic carbocycles. The molecule has 1 fully saturated rings. The fraction of sp³-hybridized carbons (Fsp3) is 0.389. The maximum atomic E-state index is 12.6. The Bertz CT molecular complexity index is 757. The summed E-state index contributed by atoms with van der Waals surface area (Å²) in [5.74, 6) is 0.550. The summed E-state index contributed by atoms with van der Waals surface area (Å²) < 4.78 is 10.2. The minimum atomic E-state index is -0.448. The van der Waals surface area contributed by atoms with E-state index in [0.29, 0.717) is 23.6 Å². The molecule has 1 atom stereocenters. The first kappa shape index (κ1) is 17.0. The van der Waals surface area contributed by atoms with Gasteiger partial charge in [0.25, 0.3) is 0 Å². The lowest BCUT2D eigenvalue weighted by atomic mass is 10.1. The number of nitrogens with zero attached hydrogens (tertiary/aromatic N) is 2. The standard InChI is InChI=1S/C18H21N3O4/c1-12-15(17(22)24-2)10-14(25-12)11-20-18(23)21-9-3-4-16(21)13-5-7-19-8-6-13/h5-8,10,16H,3-4,9,11H2,1-2H3,(H,20,23). The van der Waals surface area contributed by atoms with E-state index in [1.54, 1.807) is 25.4 Å². The Morgan fingerprint density at radius 3 is 2.88 bits per heavy atom. The maximum Gasteiger partial charge on any atom is 0.341 e. The normalized spacial score (nSPS) is 16.7. The van der Waals surface area contributed by atoms with Crippen LogP contribution < -0.4 is 5.32 Å². The van der Waals surface area contributed by atoms with Gasteiger partial charge in [0.15, 0.2) is 0 Å². The van der Waals surface area contributed by atoms with E-state index in [4.69, 9.17) is 9.15 Å². The van der Waals surface area contributed by atoms with Crippen LogP contribution in [0.2, 0.25) is 0 Å². The number of rotatable bonds is 4. The van der Waals surface area contributed by atoms with Crippen LogP contribution in [0.4, 0.5) is 4.79 Å². The first-order chi connectivity index (χ1) is 12.1. The monoisotopic (exact) mass is 343 g/mol. The molecule has 0 saturated carbocycles. The Kier molecular flexibility index (Phi) is 5.02. The highest BCUT2D eigenvalue weighted by Gasteiger charge is 2.30. The van der Waals surface area contributed by atoms with Gasteiger partial charge in [0.05, 0.1) is 19.7 Å². The topological polar surface area (TPSA) is 84.7 Å². The summed E-state index contributed by atoms with van der Waals surface area (Å²) >= 11 is 0. The number of hydrogen-bond donors (Lipinski definition) is 1. The highest BCUT2D eigenvalue weighted by atomic mass is 16.5. The Balaban J connectivity index is 1.63. The molecular formula is C18H21N3O4. The van der Waals surface area contributed by atoms with Crippen molar-refractivity contribution in [1.82, 2.24) is 15.2 Å². The van der Waals surface area contributed by atoms with E-state index in [2.05, 4.69) is 10.3 Å². The zero-order chi connectivity index (χ0) is 17.8. The number of likely N-dealkylation sites (tertiary alicyclic amines) is 1. The van der Waals surface area contributed by atoms with Gasteiger partial charge in [0, 0.05) is 18.9 Å². The lowest BCUT2D eigenvalue weighted by Crippen LogP contribution is -2.39. The highest BCUT2D eigenvalue weighted by molar-refractivity contribution is 5.90. The van der Waals surface area contributed by atoms with Crippen molar-refractivity contribution >= 4 is 12.0 Å². The molecule has 7 heteroatoms. The van der Waals surface area contributed by atoms with Crippen LogP contribution in [0.3, 0.4) is 0 Å². The van der Waals surface area contributed by atoms with Gasteiger partial charge in [0.2, 0.25) is 0 Å². The summed E-state index contributed by atoms with van der Waals surface area (Å²) in [5.41, 5.74) is 1.46. The van der Waals surface area contributed by atoms with Gasteiger partial charge in [-0.3, -0.25) is 4.98 Å². The van der Waals surface area contributed by atoms with Crippen molar-refractivity contribution in [2.75, 3.05) is 13.7 Å². The van der Waals surface area contributed by atoms with Gasteiger partial charge in [-0.2, -0.15) is 0 Å². The fourth-order valence-corrected chi connectivity index (χ4v) is 3.15. The molecule has 0 aliphatic carbocycles. The average Bonchev–Trinajstić information content (AvgIpc) is 3.26. The molecule has 3 rings (SSSR count). The molecule has 0 radical (unpaired) electrons. The lowest BCUT2D eigenvalue weighted by Gasteiger charge is -2.25. The van der Waals surface area contributed by atoms with E-state index in [9.17, 15) is 9.59 Å². The molecule has 0 spiro atoms. The molecule has 1 aliphatic heterocycles. The lowest BCUT2D eigenvalue weighted by molar-refractivity contribution is 0.0598. The number of amides is 2. The summed E-state index contributed by atoms with van der Waals surface area (Å²) in [6.07, 6.45) is 5.38. The molecule has 2 aromatic rings. The number of aryl methyl sites for hydroxylation is 1. The Hall–Kier alpha value is -2.83. The molecule has 132 valence electrons. The van der Waals surface area contributed by atoms with Crippen molar-refractivity contribution in [1.29, 1.82) is 0 Å². The van der Waals surface area contributed by atoms with E-state index in [-0.39, 0.29) is 18.6 Å². The van der Waals surface area contributed by atoms with Crippen LogP contribution >= 0.6 is 0 Å². The summed E-state index contributed by atoms with van der Waals surface area (Å²) in [4.78, 5) is 30.0. The van der Waals surface area contributed by atoms with E-state index >= 15 is 0 Å². The van der Waals surface area contributed by atoms with Gasteiger partial charge >= 0.3 is 12.0 Å². The minimum absolute atomic E-state index is 0.0620. The smallest absolute Gasteiger partial charge is 0.341 e. The Labute approximate surface area is 146 Å². The van der Waals surface area contributed by atoms with Crippen molar-refractivity contribution in [3.8, 4) is 0 Å². The molecule has 3 heterocycles. The second kappa shape index (κ2) is 7.38. The molecular weight excluding hydrogens is 322 g/mol. The second-order valence-corrected chi connectivity index (χ2v) is 5.96. The van der Waals surface area contributed by atoms with E-state index in [1.165, 1.54) is 7.11 Å². The summed E-state index contributed by atoms with van der Waals surface area (Å²) in [5, 5.41) is 2.86. The van der Waals surface area contributed by atoms with Gasteiger partial charge in [-0.1, -0.05) is 0 Å². The van der Waals surface area contributed by atoms with Crippen LogP contribution in [0.1, 0.15) is 46.3 Å². The third-order valence-electron chi connectivity index (χ3n) is 4.39. The molecule has 2 amide bonds. The first-order valence-electron chi connectivity index (χ1n) is 8.22. The maximum absolute atomic E-state index is 12.6. The molecule has 1 saturated heterocycles. The van der Waals surface area contributed by atoms with Crippen molar-refractivity contribution in [3.63, 3.8) is 0 Å². The fourth-order valence-electron chi connectivity index (χ4n) is 3.15. The Morgan fingerprint density at radius 1 is 1.40 bits per heavy atom. The van der Waals surface area contributed by atoms with Crippen LogP contribution in [0.15, 0.2) is 35.0 Å². The number of methoxy groups -OCH3 is 1. The van der Waals surface area contributed by atoms with E-state index in [1.807, 2.05) is 17.0 Å². The number of ether oxygens (including phenoxy) is 1. The predicted molar refractivity (Wildman–Crippen MR) is 89.9 cm³/mol. The van der Waals surface area contributed by atoms with Gasteiger partial charge in [-0.25, -0.2) is 9.59 Å². The number of urea groups is 1. The number of esters is 1. The van der Waals surface area contributed by atoms with Crippen molar-refractivity contribution in [2.24, 2.45) is 0 Å². The van der Waals surface area contributed by atoms with Crippen molar-refractivity contribution in [2.45, 2.75) is 32.4 Å². The quantitative estimate of drug-likeness (QED) is 0.863. The number of pyridine rings is 1. The number of carbonyl (C=O) groups is 2. The molecule has 1 N–H and O–H groups in total. The van der Waals surface area contributed by atoms with Gasteiger partial charge in [-0.15, -0.1) is 0 Å². The average molecular weight is 343 g/mol. The summed E-state index contributed by atoms with van der Waals surface area (Å²) in [7, 11) is 1.32. The number of hydrogen-bond acceptors (Lipinski definition) is 5. The molecule has 1 unspecified atom stereocenters. The van der Waals surface area contributed by atoms with Crippen LogP contribution in [0.5, 0.6) is 0 Å². The van der Waals surface area contributed by atoms with Crippen molar-refractivity contribution < 1.29 is 18.7 Å². The van der Waals surface area contributed by atoms with Crippen LogP contribution in [-0.2, 0) is 11.3 Å². The van der Waals surface area contributed by atoms with Gasteiger partial charge < -0.3 is 19.4 Å². The molecule has 25 heavy (non-hydrogen) atoms. The number of carbonyl (C=O) groups excluding carboxylic acids is 2. The molecule has 2 aromatic heterocycles. The predicted octanol–water partition coefficient (Wildman–Crippen LogP) is 2.82. The van der Waals surface area contributed by atoms with E-state index in [0.717, 1.165) is 18.4 Å². The zero-order valence-electron chi connectivity index (χ0n) is 14.3. The van der Waals surface area contributed by atoms with Crippen LogP contribution in [0.25, 0.3) is 0 Å². The first-order valence-corrected chi connectivity index (χ1v) is 8.22. The SMILES string of the molecule is COC(=O)c1cc(CNC(=O)N2CCCC2c2ccncc2)oc1C. The third kappa shape index (κ3) is 3.65. The number of nitrogens with one attached hydrogen (secondary N) is 1. The Morgan fingerprint density at radius 2 is 2.16 bits per heavy atom. The largest absolute Gasteiger partial charge is 0.465 e. The van der Waals surface area contributed by atoms with Crippen molar-refractivity contribution in [3.05, 3.63) is 53.2 Å². The third-order valence-corrected chi connectivity index (χ3v) is 4.39. The van der Waals surface area contributed by atoms with Gasteiger partial charge in [0.1, 0.15) is 17.1 Å². The van der Waals surface area contributed by atoms with Crippen LogP contribution in [-0.4, -0.2) is 35.5 Å². The van der Waals surface area contributed by atoms with E-state index < -0.39 is 5.97 Å². The summed E-state index contributed by atoms with van der Waals surface area (Å²) in [6, 6.07) is 5.40. The molecule has 7 nitrogen and oxygen atoms in total. The highest BCUT2D eigenvalue weighted by Crippen LogP contribution is 2.31. The zero-order valence-corrected chi connectivity index (χ0v) is 14.3. The number of furan rings is 1. The molecule has 1 aliphatic rings. The minimum Gasteiger partial charge on any atom is -0.465 e. The molecule has 0 bridgehead atoms. The second-order valence-electron chi connectivity index (χ2n) is 5.96.